The highest BCUT2D eigenvalue weighted by molar-refractivity contribution is 5.95. The van der Waals surface area contributed by atoms with Crippen molar-refractivity contribution in [2.24, 2.45) is 0 Å². The summed E-state index contributed by atoms with van der Waals surface area (Å²) in [5.41, 5.74) is -0.276. The maximum atomic E-state index is 11.9. The number of nitrogens with zero attached hydrogens (tertiary/aromatic N) is 2. The molecule has 1 N–H and O–H groups in total. The zero-order chi connectivity index (χ0) is 13.7. The van der Waals surface area contributed by atoms with Gasteiger partial charge in [0.2, 0.25) is 0 Å². The summed E-state index contributed by atoms with van der Waals surface area (Å²) < 4.78 is 0. The third kappa shape index (κ3) is 2.77. The van der Waals surface area contributed by atoms with Crippen molar-refractivity contribution in [3.8, 4) is 18.1 Å². The first-order valence-electron chi connectivity index (χ1n) is 5.21. The molecule has 0 atom stereocenters. The summed E-state index contributed by atoms with van der Waals surface area (Å²) in [7, 11) is 0. The highest BCUT2D eigenvalue weighted by Gasteiger charge is 2.18. The van der Waals surface area contributed by atoms with Gasteiger partial charge in [0.05, 0.1) is 11.5 Å². The van der Waals surface area contributed by atoms with Gasteiger partial charge in [-0.2, -0.15) is 0 Å². The monoisotopic (exact) mass is 248 g/mol. The quantitative estimate of drug-likeness (QED) is 0.496. The number of terminal acetylenes is 1. The highest BCUT2D eigenvalue weighted by Crippen LogP contribution is 2.26. The number of phenolic OH excluding ortho intramolecular Hbond substituents is 1. The molecule has 1 rings (SSSR count). The number of amides is 1. The van der Waals surface area contributed by atoms with E-state index in [4.69, 9.17) is 6.42 Å². The summed E-state index contributed by atoms with van der Waals surface area (Å²) in [6.07, 6.45) is 5.13. The van der Waals surface area contributed by atoms with Crippen molar-refractivity contribution in [1.82, 2.24) is 4.90 Å². The lowest BCUT2D eigenvalue weighted by Gasteiger charge is -2.17. The van der Waals surface area contributed by atoms with Crippen molar-refractivity contribution in [2.45, 2.75) is 6.92 Å². The van der Waals surface area contributed by atoms with Gasteiger partial charge in [-0.25, -0.2) is 0 Å². The van der Waals surface area contributed by atoms with Gasteiger partial charge in [-0.05, 0) is 19.1 Å². The van der Waals surface area contributed by atoms with E-state index in [0.29, 0.717) is 6.54 Å². The molecule has 0 saturated carbocycles. The standard InChI is InChI=1S/C12H12N2O4/c1-3-7-13(4-2)12(16)9-5-6-10(14(17)18)11(15)8-9/h1,5-6,8,15H,4,7H2,2H3. The molecule has 0 aliphatic heterocycles. The second kappa shape index (κ2) is 5.68. The maximum absolute atomic E-state index is 11.9. The first-order chi connectivity index (χ1) is 8.51. The molecule has 6 heteroatoms. The van der Waals surface area contributed by atoms with E-state index in [1.807, 2.05) is 0 Å². The van der Waals surface area contributed by atoms with Gasteiger partial charge in [-0.1, -0.05) is 5.92 Å². The second-order valence-corrected chi connectivity index (χ2v) is 3.48. The van der Waals surface area contributed by atoms with Crippen LogP contribution in [-0.2, 0) is 0 Å². The molecule has 0 saturated heterocycles. The minimum absolute atomic E-state index is 0.146. The zero-order valence-corrected chi connectivity index (χ0v) is 9.79. The van der Waals surface area contributed by atoms with Crippen molar-refractivity contribution in [1.29, 1.82) is 0 Å². The fourth-order valence-corrected chi connectivity index (χ4v) is 1.43. The number of carbonyl (C=O) groups is 1. The lowest BCUT2D eigenvalue weighted by atomic mass is 10.1. The van der Waals surface area contributed by atoms with Gasteiger partial charge in [0.1, 0.15) is 0 Å². The average Bonchev–Trinajstić information content (AvgIpc) is 2.34. The van der Waals surface area contributed by atoms with Gasteiger partial charge in [0, 0.05) is 18.2 Å². The molecule has 0 bridgehead atoms. The Bertz CT molecular complexity index is 519. The van der Waals surface area contributed by atoms with Crippen molar-refractivity contribution >= 4 is 11.6 Å². The third-order valence-electron chi connectivity index (χ3n) is 2.37. The summed E-state index contributed by atoms with van der Waals surface area (Å²) in [6, 6.07) is 3.45. The molecule has 0 unspecified atom stereocenters. The predicted octanol–water partition coefficient (Wildman–Crippen LogP) is 1.40. The van der Waals surface area contributed by atoms with Crippen molar-refractivity contribution in [3.63, 3.8) is 0 Å². The molecule has 94 valence electrons. The van der Waals surface area contributed by atoms with Crippen LogP contribution >= 0.6 is 0 Å². The summed E-state index contributed by atoms with van der Waals surface area (Å²) in [5, 5.41) is 20.0. The summed E-state index contributed by atoms with van der Waals surface area (Å²) in [6.45, 7) is 2.33. The molecule has 1 aromatic carbocycles. The summed E-state index contributed by atoms with van der Waals surface area (Å²) >= 11 is 0. The van der Waals surface area contributed by atoms with Crippen LogP contribution < -0.4 is 0 Å². The Hall–Kier alpha value is -2.55. The molecule has 0 spiro atoms. The Morgan fingerprint density at radius 1 is 1.61 bits per heavy atom. The SMILES string of the molecule is C#CCN(CC)C(=O)c1ccc([N+](=O)[O-])c(O)c1. The lowest BCUT2D eigenvalue weighted by Crippen LogP contribution is -2.31. The van der Waals surface area contributed by atoms with Crippen molar-refractivity contribution < 1.29 is 14.8 Å². The van der Waals surface area contributed by atoms with Gasteiger partial charge in [0.15, 0.2) is 5.75 Å². The minimum Gasteiger partial charge on any atom is -0.502 e. The zero-order valence-electron chi connectivity index (χ0n) is 9.79. The van der Waals surface area contributed by atoms with Crippen molar-refractivity contribution in [3.05, 3.63) is 33.9 Å². The molecule has 0 radical (unpaired) electrons. The number of hydrogen-bond donors (Lipinski definition) is 1. The molecule has 1 aromatic rings. The molecule has 0 aliphatic rings. The van der Waals surface area contributed by atoms with Crippen LogP contribution in [0.2, 0.25) is 0 Å². The molecular formula is C12H12N2O4. The fourth-order valence-electron chi connectivity index (χ4n) is 1.43. The van der Waals surface area contributed by atoms with Crippen LogP contribution in [0.5, 0.6) is 5.75 Å². The van der Waals surface area contributed by atoms with Gasteiger partial charge in [-0.3, -0.25) is 14.9 Å². The average molecular weight is 248 g/mol. The number of nitro groups is 1. The molecular weight excluding hydrogens is 236 g/mol. The Balaban J connectivity index is 3.05. The first kappa shape index (κ1) is 13.5. The smallest absolute Gasteiger partial charge is 0.310 e. The fraction of sp³-hybridized carbons (Fsp3) is 0.250. The number of benzene rings is 1. The normalized spacial score (nSPS) is 9.56. The maximum Gasteiger partial charge on any atom is 0.310 e. The first-order valence-corrected chi connectivity index (χ1v) is 5.21. The third-order valence-corrected chi connectivity index (χ3v) is 2.37. The van der Waals surface area contributed by atoms with Crippen LogP contribution in [-0.4, -0.2) is 33.9 Å². The number of aromatic hydroxyl groups is 1. The Morgan fingerprint density at radius 2 is 2.28 bits per heavy atom. The van der Waals surface area contributed by atoms with E-state index >= 15 is 0 Å². The summed E-state index contributed by atoms with van der Waals surface area (Å²) in [5.74, 6) is 1.43. The van der Waals surface area contributed by atoms with Crippen LogP contribution in [0.3, 0.4) is 0 Å². The topological polar surface area (TPSA) is 83.7 Å². The van der Waals surface area contributed by atoms with E-state index in [-0.39, 0.29) is 18.0 Å². The molecule has 18 heavy (non-hydrogen) atoms. The number of rotatable bonds is 4. The van der Waals surface area contributed by atoms with E-state index in [1.165, 1.54) is 11.0 Å². The van der Waals surface area contributed by atoms with Crippen LogP contribution in [0.1, 0.15) is 17.3 Å². The minimum atomic E-state index is -0.720. The van der Waals surface area contributed by atoms with Gasteiger partial charge >= 0.3 is 5.69 Å². The predicted molar refractivity (Wildman–Crippen MR) is 65.2 cm³/mol. The van der Waals surface area contributed by atoms with E-state index in [9.17, 15) is 20.0 Å². The Kier molecular flexibility index (Phi) is 4.27. The Morgan fingerprint density at radius 3 is 2.72 bits per heavy atom. The largest absolute Gasteiger partial charge is 0.502 e. The van der Waals surface area contributed by atoms with Gasteiger partial charge < -0.3 is 10.0 Å². The second-order valence-electron chi connectivity index (χ2n) is 3.48. The number of nitro benzene ring substituents is 1. The lowest BCUT2D eigenvalue weighted by molar-refractivity contribution is -0.385. The van der Waals surface area contributed by atoms with E-state index in [1.54, 1.807) is 6.92 Å². The molecule has 1 amide bonds. The van der Waals surface area contributed by atoms with E-state index < -0.39 is 16.4 Å². The highest BCUT2D eigenvalue weighted by atomic mass is 16.6. The van der Waals surface area contributed by atoms with Gasteiger partial charge in [0.25, 0.3) is 5.91 Å². The summed E-state index contributed by atoms with van der Waals surface area (Å²) in [4.78, 5) is 23.1. The van der Waals surface area contributed by atoms with E-state index in [0.717, 1.165) is 12.1 Å². The number of carbonyl (C=O) groups excluding carboxylic acids is 1. The Labute approximate surface area is 104 Å². The molecule has 0 aromatic heterocycles. The molecule has 6 nitrogen and oxygen atoms in total. The van der Waals surface area contributed by atoms with Crippen LogP contribution in [0, 0.1) is 22.5 Å². The van der Waals surface area contributed by atoms with Crippen LogP contribution in [0.4, 0.5) is 5.69 Å². The number of phenols is 1. The van der Waals surface area contributed by atoms with Crippen molar-refractivity contribution in [2.75, 3.05) is 13.1 Å². The van der Waals surface area contributed by atoms with Crippen LogP contribution in [0.15, 0.2) is 18.2 Å². The molecule has 0 aliphatic carbocycles. The molecule has 0 heterocycles. The molecule has 0 fully saturated rings. The van der Waals surface area contributed by atoms with E-state index in [2.05, 4.69) is 5.92 Å². The van der Waals surface area contributed by atoms with Gasteiger partial charge in [-0.15, -0.1) is 6.42 Å². The van der Waals surface area contributed by atoms with Crippen LogP contribution in [0.25, 0.3) is 0 Å². The number of hydrogen-bond acceptors (Lipinski definition) is 4.